The number of rotatable bonds is 12. The lowest BCUT2D eigenvalue weighted by Crippen LogP contribution is -2.39. The Morgan fingerprint density at radius 3 is 2.45 bits per heavy atom. The Morgan fingerprint density at radius 1 is 1.08 bits per heavy atom. The van der Waals surface area contributed by atoms with Crippen molar-refractivity contribution in [1.29, 1.82) is 0 Å². The fourth-order valence-corrected chi connectivity index (χ4v) is 6.42. The molecule has 0 aliphatic heterocycles. The highest BCUT2D eigenvalue weighted by Gasteiger charge is 2.28. The van der Waals surface area contributed by atoms with Crippen molar-refractivity contribution >= 4 is 34.5 Å². The smallest absolute Gasteiger partial charge is 0.264 e. The first-order chi connectivity index (χ1) is 18.1. The summed E-state index contributed by atoms with van der Waals surface area (Å²) < 4.78 is 42.2. The summed E-state index contributed by atoms with van der Waals surface area (Å²) in [7, 11) is -4.28. The highest BCUT2D eigenvalue weighted by Crippen LogP contribution is 2.31. The van der Waals surface area contributed by atoms with Gasteiger partial charge in [0.25, 0.3) is 15.9 Å². The summed E-state index contributed by atoms with van der Waals surface area (Å²) in [5, 5.41) is 15.4. The molecule has 2 aromatic carbocycles. The third kappa shape index (κ3) is 8.02. The number of carbonyl (C=O) groups excluding carboxylic acids is 2. The second-order valence-corrected chi connectivity index (χ2v) is 11.6. The molecule has 0 spiro atoms. The van der Waals surface area contributed by atoms with Crippen molar-refractivity contribution in [3.05, 3.63) is 53.8 Å². The van der Waals surface area contributed by atoms with Crippen LogP contribution in [0.3, 0.4) is 0 Å². The van der Waals surface area contributed by atoms with E-state index in [1.807, 2.05) is 4.72 Å². The molecule has 0 unspecified atom stereocenters. The van der Waals surface area contributed by atoms with Crippen molar-refractivity contribution in [2.45, 2.75) is 56.6 Å². The van der Waals surface area contributed by atoms with Gasteiger partial charge >= 0.3 is 0 Å². The molecule has 11 heteroatoms. The minimum atomic E-state index is -4.28. The molecule has 3 rings (SSSR count). The molecule has 8 nitrogen and oxygen atoms in total. The van der Waals surface area contributed by atoms with Crippen LogP contribution in [0.25, 0.3) is 11.1 Å². The number of benzene rings is 2. The topological polar surface area (TPSA) is 125 Å². The van der Waals surface area contributed by atoms with Gasteiger partial charge in [-0.2, -0.15) is 12.6 Å². The zero-order valence-electron chi connectivity index (χ0n) is 21.5. The van der Waals surface area contributed by atoms with E-state index < -0.39 is 27.9 Å². The van der Waals surface area contributed by atoms with Crippen LogP contribution in [0.4, 0.5) is 4.39 Å². The van der Waals surface area contributed by atoms with Gasteiger partial charge in [-0.15, -0.1) is 0 Å². The summed E-state index contributed by atoms with van der Waals surface area (Å²) >= 11 is 4.39. The van der Waals surface area contributed by atoms with Crippen molar-refractivity contribution < 1.29 is 27.5 Å². The summed E-state index contributed by atoms with van der Waals surface area (Å²) in [6.45, 7) is 2.26. The summed E-state index contributed by atoms with van der Waals surface area (Å²) in [4.78, 5) is 24.1. The van der Waals surface area contributed by atoms with Crippen LogP contribution in [0.15, 0.2) is 47.4 Å². The maximum atomic E-state index is 14.9. The van der Waals surface area contributed by atoms with Gasteiger partial charge in [0.15, 0.2) is 0 Å². The average Bonchev–Trinajstić information content (AvgIpc) is 2.90. The highest BCUT2D eigenvalue weighted by molar-refractivity contribution is 7.90. The van der Waals surface area contributed by atoms with Gasteiger partial charge in [-0.05, 0) is 43.4 Å². The molecule has 0 saturated heterocycles. The van der Waals surface area contributed by atoms with Crippen molar-refractivity contribution in [3.8, 4) is 11.1 Å². The Morgan fingerprint density at radius 2 is 1.79 bits per heavy atom. The number of hydrogen-bond donors (Lipinski definition) is 5. The standard InChI is InChI=1S/C27H36FN3O5S2/c1-18(32)26(33)31-38(35,36)25-10-6-5-9-22(25)20-11-12-21(24(28)15-20)16-29-13-14-30-27(34)23(17-37)19-7-3-2-4-8-19/h5-6,9-12,15,18-19,23,29,32,37H,2-4,7-8,13-14,16-17H2,1H3,(H,30,34)(H,31,33)/t18-,23-/m0/s1. The molecule has 1 aliphatic carbocycles. The predicted molar refractivity (Wildman–Crippen MR) is 147 cm³/mol. The summed E-state index contributed by atoms with van der Waals surface area (Å²) in [6.07, 6.45) is 4.19. The normalized spacial score (nSPS) is 16.0. The average molecular weight is 566 g/mol. The highest BCUT2D eigenvalue weighted by atomic mass is 32.2. The number of halogens is 1. The molecular weight excluding hydrogens is 529 g/mol. The van der Waals surface area contributed by atoms with E-state index in [4.69, 9.17) is 0 Å². The molecule has 0 aromatic heterocycles. The van der Waals surface area contributed by atoms with Crippen LogP contribution in [0.5, 0.6) is 0 Å². The van der Waals surface area contributed by atoms with E-state index in [1.165, 1.54) is 30.7 Å². The lowest BCUT2D eigenvalue weighted by Gasteiger charge is -2.28. The third-order valence-electron chi connectivity index (χ3n) is 6.82. The van der Waals surface area contributed by atoms with E-state index in [2.05, 4.69) is 23.3 Å². The molecule has 4 N–H and O–H groups in total. The van der Waals surface area contributed by atoms with Crippen molar-refractivity contribution in [3.63, 3.8) is 0 Å². The molecule has 2 amide bonds. The van der Waals surface area contributed by atoms with E-state index in [0.29, 0.717) is 35.9 Å². The zero-order chi connectivity index (χ0) is 27.7. The Balaban J connectivity index is 1.57. The SMILES string of the molecule is C[C@H](O)C(=O)NS(=O)(=O)c1ccccc1-c1ccc(CNCCNC(=O)[C@@H](CS)C2CCCCC2)c(F)c1. The number of nitrogens with one attached hydrogen (secondary N) is 3. The number of sulfonamides is 1. The molecule has 38 heavy (non-hydrogen) atoms. The van der Waals surface area contributed by atoms with Gasteiger partial charge in [0.1, 0.15) is 11.9 Å². The van der Waals surface area contributed by atoms with Crippen molar-refractivity contribution in [2.75, 3.05) is 18.8 Å². The molecule has 1 aliphatic rings. The number of carbonyl (C=O) groups is 2. The van der Waals surface area contributed by atoms with E-state index in [1.54, 1.807) is 18.2 Å². The first kappa shape index (κ1) is 30.1. The van der Waals surface area contributed by atoms with E-state index in [-0.39, 0.29) is 28.8 Å². The van der Waals surface area contributed by atoms with Crippen LogP contribution in [0, 0.1) is 17.7 Å². The van der Waals surface area contributed by atoms with E-state index in [9.17, 15) is 27.5 Å². The minimum absolute atomic E-state index is 0.0162. The van der Waals surface area contributed by atoms with Crippen LogP contribution in [0.2, 0.25) is 0 Å². The Bertz CT molecular complexity index is 1220. The molecule has 1 fully saturated rings. The van der Waals surface area contributed by atoms with Gasteiger partial charge in [0, 0.05) is 42.4 Å². The van der Waals surface area contributed by atoms with Crippen LogP contribution in [-0.4, -0.2) is 50.3 Å². The summed E-state index contributed by atoms with van der Waals surface area (Å²) in [5.74, 6) is -0.737. The molecule has 0 bridgehead atoms. The van der Waals surface area contributed by atoms with E-state index in [0.717, 1.165) is 32.6 Å². The van der Waals surface area contributed by atoms with Gasteiger partial charge in [0.2, 0.25) is 5.91 Å². The van der Waals surface area contributed by atoms with Crippen LogP contribution < -0.4 is 15.4 Å². The Hall–Kier alpha value is -2.47. The lowest BCUT2D eigenvalue weighted by atomic mass is 9.80. The summed E-state index contributed by atoms with van der Waals surface area (Å²) in [6, 6.07) is 10.3. The van der Waals surface area contributed by atoms with Gasteiger partial charge in [-0.25, -0.2) is 17.5 Å². The number of aliphatic hydroxyl groups is 1. The van der Waals surface area contributed by atoms with Gasteiger partial charge in [-0.3, -0.25) is 9.59 Å². The maximum Gasteiger partial charge on any atom is 0.264 e. The number of amides is 2. The van der Waals surface area contributed by atoms with Gasteiger partial charge in [0.05, 0.1) is 4.90 Å². The molecule has 2 atom stereocenters. The third-order valence-corrected chi connectivity index (χ3v) is 8.62. The van der Waals surface area contributed by atoms with Gasteiger partial charge < -0.3 is 15.7 Å². The number of aliphatic hydroxyl groups excluding tert-OH is 1. The summed E-state index contributed by atoms with van der Waals surface area (Å²) in [5.41, 5.74) is 0.930. The van der Waals surface area contributed by atoms with Crippen molar-refractivity contribution in [1.82, 2.24) is 15.4 Å². The minimum Gasteiger partial charge on any atom is -0.384 e. The Labute approximate surface area is 229 Å². The second kappa shape index (κ2) is 14.1. The lowest BCUT2D eigenvalue weighted by molar-refractivity contribution is -0.127. The monoisotopic (exact) mass is 565 g/mol. The molecule has 2 aromatic rings. The number of thiol groups is 1. The first-order valence-electron chi connectivity index (χ1n) is 12.9. The molecular formula is C27H36FN3O5S2. The maximum absolute atomic E-state index is 14.9. The molecule has 0 heterocycles. The van der Waals surface area contributed by atoms with E-state index >= 15 is 0 Å². The fraction of sp³-hybridized carbons (Fsp3) is 0.481. The predicted octanol–water partition coefficient (Wildman–Crippen LogP) is 3.01. The van der Waals surface area contributed by atoms with Gasteiger partial charge in [-0.1, -0.05) is 49.6 Å². The quantitative estimate of drug-likeness (QED) is 0.199. The molecule has 1 saturated carbocycles. The largest absolute Gasteiger partial charge is 0.384 e. The van der Waals surface area contributed by atoms with Crippen molar-refractivity contribution in [2.24, 2.45) is 11.8 Å². The second-order valence-electron chi connectivity index (χ2n) is 9.60. The first-order valence-corrected chi connectivity index (χ1v) is 15.0. The van der Waals surface area contributed by atoms with Crippen LogP contribution in [0.1, 0.15) is 44.6 Å². The fourth-order valence-electron chi connectivity index (χ4n) is 4.68. The molecule has 0 radical (unpaired) electrons. The zero-order valence-corrected chi connectivity index (χ0v) is 23.2. The molecule has 208 valence electrons. The Kier molecular flexibility index (Phi) is 11.1. The number of hydrogen-bond acceptors (Lipinski definition) is 7. The van der Waals surface area contributed by atoms with Crippen LogP contribution in [-0.2, 0) is 26.2 Å². The van der Waals surface area contributed by atoms with Crippen LogP contribution >= 0.6 is 12.6 Å².